The summed E-state index contributed by atoms with van der Waals surface area (Å²) in [5.41, 5.74) is 9.75. The average Bonchev–Trinajstić information content (AvgIpc) is 2.33. The Morgan fingerprint density at radius 1 is 1.05 bits per heavy atom. The molecule has 9 heteroatoms. The highest BCUT2D eigenvalue weighted by molar-refractivity contribution is 7.99. The second-order valence-corrected chi connectivity index (χ2v) is 4.87. The molecule has 0 aliphatic carbocycles. The van der Waals surface area contributed by atoms with E-state index in [1.807, 2.05) is 0 Å². The van der Waals surface area contributed by atoms with Crippen LogP contribution in [0.15, 0.2) is 0 Å². The van der Waals surface area contributed by atoms with Gasteiger partial charge in [0, 0.05) is 11.7 Å². The molecule has 0 aliphatic rings. The molecule has 8 nitrogen and oxygen atoms in total. The minimum absolute atomic E-state index is 0.126. The first-order valence-corrected chi connectivity index (χ1v) is 6.67. The lowest BCUT2D eigenvalue weighted by atomic mass is 10.2. The van der Waals surface area contributed by atoms with Gasteiger partial charge in [-0.3, -0.25) is 19.2 Å². The summed E-state index contributed by atoms with van der Waals surface area (Å²) in [6, 6.07) is 0. The molecule has 0 aromatic rings. The predicted molar refractivity (Wildman–Crippen MR) is 70.9 cm³/mol. The van der Waals surface area contributed by atoms with E-state index in [0.717, 1.165) is 0 Å². The second kappa shape index (κ2) is 9.20. The molecule has 4 amide bonds. The fourth-order valence-corrected chi connectivity index (χ4v) is 1.90. The zero-order valence-corrected chi connectivity index (χ0v) is 11.4. The van der Waals surface area contributed by atoms with E-state index >= 15 is 0 Å². The van der Waals surface area contributed by atoms with Crippen LogP contribution < -0.4 is 22.1 Å². The average molecular weight is 290 g/mol. The van der Waals surface area contributed by atoms with Crippen molar-refractivity contribution in [3.8, 4) is 0 Å². The van der Waals surface area contributed by atoms with E-state index in [2.05, 4.69) is 10.6 Å². The maximum atomic E-state index is 11.4. The zero-order valence-electron chi connectivity index (χ0n) is 10.6. The first-order valence-electron chi connectivity index (χ1n) is 5.51. The van der Waals surface area contributed by atoms with Gasteiger partial charge in [-0.1, -0.05) is 6.92 Å². The van der Waals surface area contributed by atoms with Crippen molar-refractivity contribution in [3.63, 3.8) is 0 Å². The number of carbonyl (C=O) groups excluding carboxylic acids is 4. The number of nitrogens with two attached hydrogens (primary N) is 2. The van der Waals surface area contributed by atoms with Gasteiger partial charge in [0.2, 0.25) is 23.6 Å². The van der Waals surface area contributed by atoms with Crippen molar-refractivity contribution in [3.05, 3.63) is 0 Å². The maximum Gasteiger partial charge on any atom is 0.236 e. The molecule has 1 unspecified atom stereocenters. The molecule has 0 saturated carbocycles. The summed E-state index contributed by atoms with van der Waals surface area (Å²) >= 11 is 1.24. The van der Waals surface area contributed by atoms with Crippen molar-refractivity contribution in [2.45, 2.75) is 6.92 Å². The Morgan fingerprint density at radius 2 is 1.58 bits per heavy atom. The molecule has 0 bridgehead atoms. The number of amides is 4. The molecule has 0 spiro atoms. The molecule has 0 aromatic carbocycles. The number of hydrogen-bond donors (Lipinski definition) is 4. The van der Waals surface area contributed by atoms with Crippen LogP contribution in [0.4, 0.5) is 0 Å². The molecule has 6 N–H and O–H groups in total. The standard InChI is InChI=1S/C10H18N4O4S/c1-6(10(18)14-3-8(12)16)4-19-5-9(17)13-2-7(11)15/h6H,2-5H2,1H3,(H2,11,15)(H2,12,16)(H,13,17)(H,14,18). The minimum atomic E-state index is -0.613. The number of nitrogens with one attached hydrogen (secondary N) is 2. The van der Waals surface area contributed by atoms with Crippen molar-refractivity contribution in [2.24, 2.45) is 17.4 Å². The van der Waals surface area contributed by atoms with Crippen LogP contribution in [0.2, 0.25) is 0 Å². The SMILES string of the molecule is CC(CSCC(=O)NCC(N)=O)C(=O)NCC(N)=O. The van der Waals surface area contributed by atoms with Crippen LogP contribution in [0.5, 0.6) is 0 Å². The highest BCUT2D eigenvalue weighted by Gasteiger charge is 2.14. The topological polar surface area (TPSA) is 144 Å². The van der Waals surface area contributed by atoms with E-state index in [0.29, 0.717) is 5.75 Å². The van der Waals surface area contributed by atoms with Crippen molar-refractivity contribution in [2.75, 3.05) is 24.6 Å². The summed E-state index contributed by atoms with van der Waals surface area (Å²) in [5.74, 6) is -1.67. The van der Waals surface area contributed by atoms with Crippen LogP contribution in [0.3, 0.4) is 0 Å². The van der Waals surface area contributed by atoms with E-state index in [-0.39, 0.29) is 36.6 Å². The van der Waals surface area contributed by atoms with Crippen LogP contribution >= 0.6 is 11.8 Å². The fourth-order valence-electron chi connectivity index (χ4n) is 0.989. The third-order valence-electron chi connectivity index (χ3n) is 1.95. The van der Waals surface area contributed by atoms with Crippen molar-refractivity contribution >= 4 is 35.4 Å². The predicted octanol–water partition coefficient (Wildman–Crippen LogP) is -2.44. The molecule has 1 atom stereocenters. The normalized spacial score (nSPS) is 11.4. The monoisotopic (exact) mass is 290 g/mol. The van der Waals surface area contributed by atoms with Gasteiger partial charge < -0.3 is 22.1 Å². The summed E-state index contributed by atoms with van der Waals surface area (Å²) in [6.07, 6.45) is 0. The molecule has 0 fully saturated rings. The number of rotatable bonds is 9. The van der Waals surface area contributed by atoms with Crippen LogP contribution in [0, 0.1) is 5.92 Å². The van der Waals surface area contributed by atoms with Crippen LogP contribution in [0.25, 0.3) is 0 Å². The lowest BCUT2D eigenvalue weighted by Gasteiger charge is -2.10. The van der Waals surface area contributed by atoms with E-state index in [9.17, 15) is 19.2 Å². The van der Waals surface area contributed by atoms with Gasteiger partial charge in [0.15, 0.2) is 0 Å². The Kier molecular flexibility index (Phi) is 8.34. The minimum Gasteiger partial charge on any atom is -0.368 e. The first-order chi connectivity index (χ1) is 8.82. The Morgan fingerprint density at radius 3 is 2.11 bits per heavy atom. The van der Waals surface area contributed by atoms with Gasteiger partial charge in [-0.05, 0) is 0 Å². The Labute approximate surface area is 115 Å². The molecule has 0 saturated heterocycles. The molecule has 0 radical (unpaired) electrons. The number of thioether (sulfide) groups is 1. The van der Waals surface area contributed by atoms with Gasteiger partial charge in [-0.15, -0.1) is 0 Å². The highest BCUT2D eigenvalue weighted by atomic mass is 32.2. The first kappa shape index (κ1) is 17.2. The van der Waals surface area contributed by atoms with Gasteiger partial charge in [0.05, 0.1) is 18.8 Å². The van der Waals surface area contributed by atoms with Crippen LogP contribution in [0.1, 0.15) is 6.92 Å². The molecular weight excluding hydrogens is 272 g/mol. The lowest BCUT2D eigenvalue weighted by Crippen LogP contribution is -2.37. The summed E-state index contributed by atoms with van der Waals surface area (Å²) < 4.78 is 0. The quantitative estimate of drug-likeness (QED) is 0.373. The Bertz CT molecular complexity index is 361. The highest BCUT2D eigenvalue weighted by Crippen LogP contribution is 2.07. The largest absolute Gasteiger partial charge is 0.368 e. The van der Waals surface area contributed by atoms with Crippen molar-refractivity contribution in [1.29, 1.82) is 0 Å². The Hall–Kier alpha value is -1.77. The Balaban J connectivity index is 3.75. The van der Waals surface area contributed by atoms with E-state index in [1.165, 1.54) is 11.8 Å². The molecule has 0 heterocycles. The molecule has 108 valence electrons. The zero-order chi connectivity index (χ0) is 14.8. The smallest absolute Gasteiger partial charge is 0.236 e. The summed E-state index contributed by atoms with van der Waals surface area (Å²) in [4.78, 5) is 43.5. The van der Waals surface area contributed by atoms with Gasteiger partial charge in [-0.2, -0.15) is 11.8 Å². The van der Waals surface area contributed by atoms with Gasteiger partial charge >= 0.3 is 0 Å². The van der Waals surface area contributed by atoms with Crippen molar-refractivity contribution < 1.29 is 19.2 Å². The summed E-state index contributed by atoms with van der Waals surface area (Å²) in [6.45, 7) is 1.27. The third kappa shape index (κ3) is 9.89. The van der Waals surface area contributed by atoms with E-state index in [1.54, 1.807) is 6.92 Å². The van der Waals surface area contributed by atoms with Crippen molar-refractivity contribution in [1.82, 2.24) is 10.6 Å². The molecule has 19 heavy (non-hydrogen) atoms. The number of primary amides is 2. The van der Waals surface area contributed by atoms with Gasteiger partial charge in [-0.25, -0.2) is 0 Å². The molecular formula is C10H18N4O4S. The molecule has 0 aliphatic heterocycles. The fraction of sp³-hybridized carbons (Fsp3) is 0.600. The third-order valence-corrected chi connectivity index (χ3v) is 3.15. The van der Waals surface area contributed by atoms with Crippen LogP contribution in [-0.4, -0.2) is 48.2 Å². The number of carbonyl (C=O) groups is 4. The number of hydrogen-bond acceptors (Lipinski definition) is 5. The van der Waals surface area contributed by atoms with Gasteiger partial charge in [0.1, 0.15) is 0 Å². The summed E-state index contributed by atoms with van der Waals surface area (Å²) in [5, 5.41) is 4.70. The van der Waals surface area contributed by atoms with E-state index < -0.39 is 11.8 Å². The van der Waals surface area contributed by atoms with E-state index in [4.69, 9.17) is 11.5 Å². The van der Waals surface area contributed by atoms with Gasteiger partial charge in [0.25, 0.3) is 0 Å². The molecule has 0 aromatic heterocycles. The lowest BCUT2D eigenvalue weighted by molar-refractivity contribution is -0.126. The van der Waals surface area contributed by atoms with Crippen LogP contribution in [-0.2, 0) is 19.2 Å². The maximum absolute atomic E-state index is 11.4. The second-order valence-electron chi connectivity index (χ2n) is 3.84. The summed E-state index contributed by atoms with van der Waals surface area (Å²) in [7, 11) is 0. The molecule has 0 rings (SSSR count).